The van der Waals surface area contributed by atoms with Gasteiger partial charge in [-0.05, 0) is 40.7 Å². The van der Waals surface area contributed by atoms with Gasteiger partial charge in [-0.25, -0.2) is 0 Å². The topological polar surface area (TPSA) is 44.2 Å². The van der Waals surface area contributed by atoms with Crippen LogP contribution in [0.2, 0.25) is 0 Å². The molecule has 0 aromatic carbocycles. The highest BCUT2D eigenvalue weighted by Crippen LogP contribution is 2.36. The summed E-state index contributed by atoms with van der Waals surface area (Å²) in [6.45, 7) is 10.3. The third kappa shape index (κ3) is 3.42. The quantitative estimate of drug-likeness (QED) is 0.809. The third-order valence-corrected chi connectivity index (χ3v) is 3.05. The molecule has 0 atom stereocenters. The van der Waals surface area contributed by atoms with Crippen molar-refractivity contribution in [3.8, 4) is 5.88 Å². The highest BCUT2D eigenvalue weighted by molar-refractivity contribution is 5.11. The average Bonchev–Trinajstić information content (AvgIpc) is 2.16. The van der Waals surface area contributed by atoms with Crippen molar-refractivity contribution in [2.24, 2.45) is 0 Å². The number of hydrogen-bond acceptors (Lipinski definition) is 4. The first-order valence-corrected chi connectivity index (χ1v) is 6.43. The lowest BCUT2D eigenvalue weighted by molar-refractivity contribution is -0.182. The highest BCUT2D eigenvalue weighted by Gasteiger charge is 2.40. The highest BCUT2D eigenvalue weighted by atomic mass is 16.5. The molecule has 2 rings (SSSR count). The molecule has 100 valence electrons. The Hall–Kier alpha value is -1.16. The van der Waals surface area contributed by atoms with Gasteiger partial charge in [0.05, 0.1) is 16.9 Å². The van der Waals surface area contributed by atoms with E-state index in [-0.39, 0.29) is 17.3 Å². The lowest BCUT2D eigenvalue weighted by Gasteiger charge is -2.44. The number of rotatable bonds is 2. The van der Waals surface area contributed by atoms with Gasteiger partial charge in [-0.15, -0.1) is 5.10 Å². The van der Waals surface area contributed by atoms with Crippen LogP contribution in [0.25, 0.3) is 0 Å². The zero-order valence-electron chi connectivity index (χ0n) is 11.9. The van der Waals surface area contributed by atoms with Crippen LogP contribution in [0.5, 0.6) is 5.88 Å². The largest absolute Gasteiger partial charge is 0.473 e. The Morgan fingerprint density at radius 3 is 2.22 bits per heavy atom. The predicted octanol–water partition coefficient (Wildman–Crippen LogP) is 2.90. The van der Waals surface area contributed by atoms with Crippen molar-refractivity contribution in [3.63, 3.8) is 0 Å². The molecule has 0 saturated carbocycles. The Kier molecular flexibility index (Phi) is 3.32. The minimum atomic E-state index is -0.162. The van der Waals surface area contributed by atoms with E-state index < -0.39 is 0 Å². The van der Waals surface area contributed by atoms with Crippen LogP contribution >= 0.6 is 0 Å². The van der Waals surface area contributed by atoms with E-state index in [0.29, 0.717) is 5.88 Å². The molecule has 1 aromatic rings. The van der Waals surface area contributed by atoms with Crippen LogP contribution in [0.1, 0.15) is 46.2 Å². The van der Waals surface area contributed by atoms with Crippen LogP contribution in [0, 0.1) is 6.92 Å². The number of nitrogens with zero attached hydrogens (tertiary/aromatic N) is 2. The Bertz CT molecular complexity index is 396. The van der Waals surface area contributed by atoms with Gasteiger partial charge < -0.3 is 9.47 Å². The minimum absolute atomic E-state index is 0.126. The molecule has 0 unspecified atom stereocenters. The summed E-state index contributed by atoms with van der Waals surface area (Å²) < 4.78 is 12.0. The van der Waals surface area contributed by atoms with Crippen molar-refractivity contribution >= 4 is 0 Å². The Morgan fingerprint density at radius 1 is 1.11 bits per heavy atom. The number of aryl methyl sites for hydroxylation is 1. The second-order valence-corrected chi connectivity index (χ2v) is 6.28. The molecule has 1 fully saturated rings. The molecule has 4 heteroatoms. The Labute approximate surface area is 109 Å². The van der Waals surface area contributed by atoms with Gasteiger partial charge in [0.2, 0.25) is 5.88 Å². The van der Waals surface area contributed by atoms with Crippen molar-refractivity contribution in [1.82, 2.24) is 10.2 Å². The van der Waals surface area contributed by atoms with Crippen molar-refractivity contribution < 1.29 is 9.47 Å². The molecular weight excluding hydrogens is 228 g/mol. The molecule has 0 bridgehead atoms. The smallest absolute Gasteiger partial charge is 0.233 e. The zero-order valence-corrected chi connectivity index (χ0v) is 11.9. The van der Waals surface area contributed by atoms with Gasteiger partial charge in [0.15, 0.2) is 0 Å². The second kappa shape index (κ2) is 4.50. The third-order valence-electron chi connectivity index (χ3n) is 3.05. The van der Waals surface area contributed by atoms with Crippen LogP contribution in [-0.4, -0.2) is 27.5 Å². The Morgan fingerprint density at radius 2 is 1.72 bits per heavy atom. The van der Waals surface area contributed by atoms with Gasteiger partial charge in [-0.1, -0.05) is 0 Å². The van der Waals surface area contributed by atoms with E-state index in [1.54, 1.807) is 0 Å². The van der Waals surface area contributed by atoms with Gasteiger partial charge in [-0.2, -0.15) is 5.10 Å². The number of aromatic nitrogens is 2. The molecule has 1 aliphatic rings. The van der Waals surface area contributed by atoms with Gasteiger partial charge in [0.1, 0.15) is 6.10 Å². The number of ether oxygens (including phenoxy) is 2. The lowest BCUT2D eigenvalue weighted by atomic mass is 9.87. The average molecular weight is 250 g/mol. The van der Waals surface area contributed by atoms with E-state index >= 15 is 0 Å². The summed E-state index contributed by atoms with van der Waals surface area (Å²) in [6, 6.07) is 3.79. The number of hydrogen-bond donors (Lipinski definition) is 0. The summed E-state index contributed by atoms with van der Waals surface area (Å²) >= 11 is 0. The van der Waals surface area contributed by atoms with Crippen molar-refractivity contribution in [3.05, 3.63) is 17.8 Å². The van der Waals surface area contributed by atoms with Crippen LogP contribution < -0.4 is 4.74 Å². The first kappa shape index (κ1) is 13.3. The SMILES string of the molecule is Cc1ccc(OC2CC(C)(C)OC(C)(C)C2)nn1. The summed E-state index contributed by atoms with van der Waals surface area (Å²) in [7, 11) is 0. The summed E-state index contributed by atoms with van der Waals surface area (Å²) in [4.78, 5) is 0. The molecule has 0 spiro atoms. The molecule has 0 amide bonds. The summed E-state index contributed by atoms with van der Waals surface area (Å²) in [5, 5.41) is 8.07. The molecule has 0 aliphatic carbocycles. The predicted molar refractivity (Wildman–Crippen MR) is 69.7 cm³/mol. The molecule has 0 N–H and O–H groups in total. The summed E-state index contributed by atoms with van der Waals surface area (Å²) in [5.74, 6) is 0.596. The van der Waals surface area contributed by atoms with Gasteiger partial charge in [0.25, 0.3) is 0 Å². The van der Waals surface area contributed by atoms with Crippen LogP contribution in [0.3, 0.4) is 0 Å². The maximum atomic E-state index is 6.03. The first-order chi connectivity index (χ1) is 8.26. The molecule has 4 nitrogen and oxygen atoms in total. The van der Waals surface area contributed by atoms with E-state index in [4.69, 9.17) is 9.47 Å². The van der Waals surface area contributed by atoms with Crippen LogP contribution in [-0.2, 0) is 4.74 Å². The van der Waals surface area contributed by atoms with Crippen LogP contribution in [0.4, 0.5) is 0 Å². The Balaban J connectivity index is 2.07. The lowest BCUT2D eigenvalue weighted by Crippen LogP contribution is -2.49. The standard InChI is InChI=1S/C14H22N2O2/c1-10-6-7-12(16-15-10)17-11-8-13(2,3)18-14(4,5)9-11/h6-7,11H,8-9H2,1-5H3. The normalized spacial score (nSPS) is 22.7. The monoisotopic (exact) mass is 250 g/mol. The first-order valence-electron chi connectivity index (χ1n) is 6.43. The second-order valence-electron chi connectivity index (χ2n) is 6.28. The molecule has 1 saturated heterocycles. The summed E-state index contributed by atoms with van der Waals surface area (Å²) in [5.41, 5.74) is 0.574. The van der Waals surface area contributed by atoms with Crippen molar-refractivity contribution in [1.29, 1.82) is 0 Å². The fraction of sp³-hybridized carbons (Fsp3) is 0.714. The fourth-order valence-electron chi connectivity index (χ4n) is 2.70. The van der Waals surface area contributed by atoms with E-state index in [1.165, 1.54) is 0 Å². The molecule has 1 aliphatic heterocycles. The van der Waals surface area contributed by atoms with Gasteiger partial charge in [0, 0.05) is 18.9 Å². The molecular formula is C14H22N2O2. The van der Waals surface area contributed by atoms with Crippen molar-refractivity contribution in [2.45, 2.75) is 64.8 Å². The van der Waals surface area contributed by atoms with E-state index in [9.17, 15) is 0 Å². The van der Waals surface area contributed by atoms with Gasteiger partial charge >= 0.3 is 0 Å². The maximum Gasteiger partial charge on any atom is 0.233 e. The van der Waals surface area contributed by atoms with E-state index in [1.807, 2.05) is 19.1 Å². The zero-order chi connectivity index (χ0) is 13.4. The molecule has 0 radical (unpaired) electrons. The minimum Gasteiger partial charge on any atom is -0.473 e. The van der Waals surface area contributed by atoms with Gasteiger partial charge in [-0.3, -0.25) is 0 Å². The maximum absolute atomic E-state index is 6.03. The molecule has 18 heavy (non-hydrogen) atoms. The fourth-order valence-corrected chi connectivity index (χ4v) is 2.70. The molecule has 1 aromatic heterocycles. The molecule has 2 heterocycles. The van der Waals surface area contributed by atoms with E-state index in [0.717, 1.165) is 18.5 Å². The van der Waals surface area contributed by atoms with Crippen LogP contribution in [0.15, 0.2) is 12.1 Å². The van der Waals surface area contributed by atoms with E-state index in [2.05, 4.69) is 37.9 Å². The summed E-state index contributed by atoms with van der Waals surface area (Å²) in [6.07, 6.45) is 1.86. The van der Waals surface area contributed by atoms with Crippen molar-refractivity contribution in [2.75, 3.05) is 0 Å².